The molecule has 0 aliphatic heterocycles. The molecule has 0 aromatic heterocycles. The smallest absolute Gasteiger partial charge is 0.165 e. The van der Waals surface area contributed by atoms with E-state index in [0.29, 0.717) is 5.75 Å². The topological polar surface area (TPSA) is 21.3 Å². The van der Waals surface area contributed by atoms with Crippen molar-refractivity contribution in [1.82, 2.24) is 5.32 Å². The van der Waals surface area contributed by atoms with Gasteiger partial charge in [0.1, 0.15) is 11.6 Å². The summed E-state index contributed by atoms with van der Waals surface area (Å²) in [6.07, 6.45) is 0.875. The number of benzene rings is 2. The Morgan fingerprint density at radius 1 is 1.05 bits per heavy atom. The summed E-state index contributed by atoms with van der Waals surface area (Å²) in [7, 11) is 0. The second-order valence-electron chi connectivity index (χ2n) is 4.73. The third-order valence-electron chi connectivity index (χ3n) is 3.27. The molecule has 0 aliphatic carbocycles. The summed E-state index contributed by atoms with van der Waals surface area (Å²) in [6.45, 7) is 4.91. The van der Waals surface area contributed by atoms with Crippen molar-refractivity contribution in [1.29, 1.82) is 0 Å². The molecular weight excluding hydrogens is 272 g/mol. The van der Waals surface area contributed by atoms with Gasteiger partial charge >= 0.3 is 0 Å². The van der Waals surface area contributed by atoms with Crippen molar-refractivity contribution in [3.8, 4) is 11.5 Å². The molecule has 0 saturated heterocycles. The van der Waals surface area contributed by atoms with E-state index in [1.807, 2.05) is 25.1 Å². The van der Waals surface area contributed by atoms with Crippen LogP contribution in [0.4, 0.5) is 8.78 Å². The Bertz CT molecular complexity index is 601. The average molecular weight is 291 g/mol. The molecule has 2 nitrogen and oxygen atoms in total. The van der Waals surface area contributed by atoms with Crippen LogP contribution in [-0.4, -0.2) is 6.54 Å². The fourth-order valence-corrected chi connectivity index (χ4v) is 2.26. The highest BCUT2D eigenvalue weighted by molar-refractivity contribution is 5.40. The second-order valence-corrected chi connectivity index (χ2v) is 4.73. The zero-order chi connectivity index (χ0) is 15.2. The van der Waals surface area contributed by atoms with E-state index in [0.717, 1.165) is 36.7 Å². The van der Waals surface area contributed by atoms with Gasteiger partial charge in [0.25, 0.3) is 0 Å². The lowest BCUT2D eigenvalue weighted by Gasteiger charge is -2.20. The lowest BCUT2D eigenvalue weighted by atomic mass is 10.0. The second kappa shape index (κ2) is 7.18. The van der Waals surface area contributed by atoms with Crippen molar-refractivity contribution in [2.75, 3.05) is 6.54 Å². The van der Waals surface area contributed by atoms with Crippen molar-refractivity contribution in [3.05, 3.63) is 59.7 Å². The molecule has 0 bridgehead atoms. The number of para-hydroxylation sites is 1. The Morgan fingerprint density at radius 2 is 1.81 bits per heavy atom. The van der Waals surface area contributed by atoms with Crippen molar-refractivity contribution >= 4 is 0 Å². The first-order valence-corrected chi connectivity index (χ1v) is 7.10. The fourth-order valence-electron chi connectivity index (χ4n) is 2.26. The zero-order valence-electron chi connectivity index (χ0n) is 12.2. The SMILES string of the molecule is CCNC(CC)c1ccccc1Oc1cc(F)ccc1F. The van der Waals surface area contributed by atoms with Crippen molar-refractivity contribution in [2.24, 2.45) is 0 Å². The molecule has 1 unspecified atom stereocenters. The molecule has 0 fully saturated rings. The van der Waals surface area contributed by atoms with Gasteiger partial charge in [-0.2, -0.15) is 0 Å². The number of hydrogen-bond donors (Lipinski definition) is 1. The largest absolute Gasteiger partial charge is 0.454 e. The van der Waals surface area contributed by atoms with Gasteiger partial charge in [0.05, 0.1) is 0 Å². The standard InChI is InChI=1S/C17H19F2NO/c1-3-15(20-4-2)13-7-5-6-8-16(13)21-17-11-12(18)9-10-14(17)19/h5-11,15,20H,3-4H2,1-2H3. The van der Waals surface area contributed by atoms with Crippen LogP contribution in [0.15, 0.2) is 42.5 Å². The molecule has 0 saturated carbocycles. The molecular formula is C17H19F2NO. The molecule has 2 rings (SSSR count). The van der Waals surface area contributed by atoms with Crippen molar-refractivity contribution in [2.45, 2.75) is 26.3 Å². The van der Waals surface area contributed by atoms with Crippen LogP contribution < -0.4 is 10.1 Å². The third kappa shape index (κ3) is 3.79. The molecule has 1 atom stereocenters. The van der Waals surface area contributed by atoms with Gasteiger partial charge in [-0.3, -0.25) is 0 Å². The van der Waals surface area contributed by atoms with E-state index in [2.05, 4.69) is 12.2 Å². The van der Waals surface area contributed by atoms with Gasteiger partial charge in [-0.05, 0) is 31.2 Å². The van der Waals surface area contributed by atoms with Crippen LogP contribution >= 0.6 is 0 Å². The first kappa shape index (κ1) is 15.4. The van der Waals surface area contributed by atoms with Gasteiger partial charge in [0.2, 0.25) is 0 Å². The molecule has 2 aromatic rings. The van der Waals surface area contributed by atoms with Crippen molar-refractivity contribution in [3.63, 3.8) is 0 Å². The summed E-state index contributed by atoms with van der Waals surface area (Å²) >= 11 is 0. The van der Waals surface area contributed by atoms with E-state index in [-0.39, 0.29) is 11.8 Å². The summed E-state index contributed by atoms with van der Waals surface area (Å²) in [5.41, 5.74) is 0.936. The predicted octanol–water partition coefficient (Wildman–Crippen LogP) is 4.82. The number of nitrogens with one attached hydrogen (secondary N) is 1. The summed E-state index contributed by atoms with van der Waals surface area (Å²) in [5, 5.41) is 3.35. The Kier molecular flexibility index (Phi) is 5.28. The van der Waals surface area contributed by atoms with Gasteiger partial charge in [0.15, 0.2) is 11.6 Å². The number of rotatable bonds is 6. The van der Waals surface area contributed by atoms with Crippen LogP contribution in [0.1, 0.15) is 31.9 Å². The fraction of sp³-hybridized carbons (Fsp3) is 0.294. The normalized spacial score (nSPS) is 12.2. The predicted molar refractivity (Wildman–Crippen MR) is 79.6 cm³/mol. The van der Waals surface area contributed by atoms with Gasteiger partial charge in [-0.15, -0.1) is 0 Å². The van der Waals surface area contributed by atoms with E-state index in [1.165, 1.54) is 0 Å². The summed E-state index contributed by atoms with van der Waals surface area (Å²) < 4.78 is 32.5. The van der Waals surface area contributed by atoms with E-state index < -0.39 is 11.6 Å². The maximum absolute atomic E-state index is 13.7. The highest BCUT2D eigenvalue weighted by Crippen LogP contribution is 2.32. The Hall–Kier alpha value is -1.94. The summed E-state index contributed by atoms with van der Waals surface area (Å²) in [5.74, 6) is -0.672. The lowest BCUT2D eigenvalue weighted by molar-refractivity contribution is 0.420. The van der Waals surface area contributed by atoms with Gasteiger partial charge in [0, 0.05) is 17.7 Å². The molecule has 0 aliphatic rings. The van der Waals surface area contributed by atoms with Crippen LogP contribution in [0.2, 0.25) is 0 Å². The highest BCUT2D eigenvalue weighted by Gasteiger charge is 2.15. The minimum Gasteiger partial charge on any atom is -0.454 e. The van der Waals surface area contributed by atoms with E-state index >= 15 is 0 Å². The molecule has 21 heavy (non-hydrogen) atoms. The Morgan fingerprint density at radius 3 is 2.52 bits per heavy atom. The molecule has 2 aromatic carbocycles. The van der Waals surface area contributed by atoms with E-state index in [4.69, 9.17) is 4.74 Å². The number of ether oxygens (including phenoxy) is 1. The minimum atomic E-state index is -0.581. The quantitative estimate of drug-likeness (QED) is 0.824. The van der Waals surface area contributed by atoms with Crippen LogP contribution in [0.5, 0.6) is 11.5 Å². The van der Waals surface area contributed by atoms with Crippen LogP contribution in [0.3, 0.4) is 0 Å². The molecule has 0 amide bonds. The van der Waals surface area contributed by atoms with E-state index in [1.54, 1.807) is 6.07 Å². The van der Waals surface area contributed by atoms with Gasteiger partial charge < -0.3 is 10.1 Å². The average Bonchev–Trinajstić information content (AvgIpc) is 2.49. The Balaban J connectivity index is 2.33. The third-order valence-corrected chi connectivity index (χ3v) is 3.27. The van der Waals surface area contributed by atoms with Gasteiger partial charge in [-0.25, -0.2) is 8.78 Å². The van der Waals surface area contributed by atoms with E-state index in [9.17, 15) is 8.78 Å². The number of halogens is 2. The van der Waals surface area contributed by atoms with Crippen molar-refractivity contribution < 1.29 is 13.5 Å². The lowest BCUT2D eigenvalue weighted by Crippen LogP contribution is -2.20. The molecule has 112 valence electrons. The maximum Gasteiger partial charge on any atom is 0.165 e. The van der Waals surface area contributed by atoms with Gasteiger partial charge in [-0.1, -0.05) is 32.0 Å². The molecule has 0 heterocycles. The zero-order valence-corrected chi connectivity index (χ0v) is 12.2. The maximum atomic E-state index is 13.7. The summed E-state index contributed by atoms with van der Waals surface area (Å²) in [4.78, 5) is 0. The highest BCUT2D eigenvalue weighted by atomic mass is 19.1. The first-order chi connectivity index (χ1) is 10.2. The summed E-state index contributed by atoms with van der Waals surface area (Å²) in [6, 6.07) is 10.7. The van der Waals surface area contributed by atoms with Crippen LogP contribution in [0.25, 0.3) is 0 Å². The Labute approximate surface area is 123 Å². The number of hydrogen-bond acceptors (Lipinski definition) is 2. The van der Waals surface area contributed by atoms with Crippen LogP contribution in [-0.2, 0) is 0 Å². The first-order valence-electron chi connectivity index (χ1n) is 7.10. The van der Waals surface area contributed by atoms with Crippen LogP contribution in [0, 0.1) is 11.6 Å². The monoisotopic (exact) mass is 291 g/mol. The molecule has 0 radical (unpaired) electrons. The molecule has 0 spiro atoms. The molecule has 4 heteroatoms. The minimum absolute atomic E-state index is 0.103. The molecule has 1 N–H and O–H groups in total.